The van der Waals surface area contributed by atoms with Gasteiger partial charge in [0, 0.05) is 11.2 Å². The molecule has 0 aliphatic heterocycles. The summed E-state index contributed by atoms with van der Waals surface area (Å²) in [5.74, 6) is -4.39. The highest BCUT2D eigenvalue weighted by atomic mass is 35.5. The third kappa shape index (κ3) is 10.4. The Labute approximate surface area is 237 Å². The van der Waals surface area contributed by atoms with Crippen LogP contribution in [0.1, 0.15) is 18.0 Å². The number of halogens is 4. The largest absolute Gasteiger partial charge is 0.491 e. The van der Waals surface area contributed by atoms with Crippen molar-refractivity contribution in [2.24, 2.45) is 0 Å². The molecule has 0 saturated carbocycles. The van der Waals surface area contributed by atoms with Crippen molar-refractivity contribution < 1.29 is 41.8 Å². The average molecular weight is 593 g/mol. The standard InChI is InChI=1S/C27H24ClF3N4O6/c28-20-5-3-4-19(14-20)17-7-9-18(10-8-17)21(15-24(37)41-25(38)27(29,30)31)35-23(36)16-34-26(39)40-13-12-33-22-6-1-2-11-32-22/h1-11,14,21H,12-13,15-16H2,(H,32,33)(H,34,39)(H,35,36). The second kappa shape index (κ2) is 14.7. The summed E-state index contributed by atoms with van der Waals surface area (Å²) in [5, 5.41) is 8.11. The summed E-state index contributed by atoms with van der Waals surface area (Å²) < 4.78 is 46.4. The van der Waals surface area contributed by atoms with Gasteiger partial charge in [-0.15, -0.1) is 0 Å². The molecule has 0 fully saturated rings. The Bertz CT molecular complexity index is 1360. The molecule has 0 aliphatic rings. The number of carbonyl (C=O) groups is 4. The van der Waals surface area contributed by atoms with E-state index in [0.29, 0.717) is 16.4 Å². The molecule has 2 aromatic carbocycles. The summed E-state index contributed by atoms with van der Waals surface area (Å²) in [6.07, 6.45) is -5.48. The highest BCUT2D eigenvalue weighted by Crippen LogP contribution is 2.26. The third-order valence-corrected chi connectivity index (χ3v) is 5.55. The van der Waals surface area contributed by atoms with Crippen molar-refractivity contribution in [1.82, 2.24) is 15.6 Å². The van der Waals surface area contributed by atoms with Crippen molar-refractivity contribution in [3.8, 4) is 11.1 Å². The van der Waals surface area contributed by atoms with Gasteiger partial charge >= 0.3 is 24.2 Å². The van der Waals surface area contributed by atoms with E-state index in [1.54, 1.807) is 60.8 Å². The molecule has 0 bridgehead atoms. The fourth-order valence-electron chi connectivity index (χ4n) is 3.44. The van der Waals surface area contributed by atoms with Gasteiger partial charge in [0.25, 0.3) is 0 Å². The second-order valence-corrected chi connectivity index (χ2v) is 8.78. The third-order valence-electron chi connectivity index (χ3n) is 5.31. The molecule has 3 aromatic rings. The first-order valence-corrected chi connectivity index (χ1v) is 12.4. The van der Waals surface area contributed by atoms with Gasteiger partial charge in [0.1, 0.15) is 19.0 Å². The first kappa shape index (κ1) is 30.9. The van der Waals surface area contributed by atoms with Crippen LogP contribution in [0, 0.1) is 0 Å². The maximum absolute atomic E-state index is 12.5. The summed E-state index contributed by atoms with van der Waals surface area (Å²) in [4.78, 5) is 51.7. The first-order valence-electron chi connectivity index (χ1n) is 12.0. The Morgan fingerprint density at radius 2 is 1.71 bits per heavy atom. The van der Waals surface area contributed by atoms with Gasteiger partial charge in [0.15, 0.2) is 0 Å². The lowest BCUT2D eigenvalue weighted by atomic mass is 9.99. The molecule has 0 saturated heterocycles. The van der Waals surface area contributed by atoms with E-state index in [1.165, 1.54) is 12.1 Å². The lowest BCUT2D eigenvalue weighted by molar-refractivity contribution is -0.202. The van der Waals surface area contributed by atoms with Crippen LogP contribution in [-0.2, 0) is 23.9 Å². The molecule has 10 nitrogen and oxygen atoms in total. The molecule has 2 amide bonds. The molecule has 3 rings (SSSR count). The summed E-state index contributed by atoms with van der Waals surface area (Å²) in [6.45, 7) is -0.354. The monoisotopic (exact) mass is 592 g/mol. The van der Waals surface area contributed by atoms with Crippen LogP contribution >= 0.6 is 11.6 Å². The van der Waals surface area contributed by atoms with E-state index in [2.05, 4.69) is 25.7 Å². The van der Waals surface area contributed by atoms with Crippen LogP contribution in [0.5, 0.6) is 0 Å². The minimum absolute atomic E-state index is 0.0370. The van der Waals surface area contributed by atoms with Crippen LogP contribution < -0.4 is 16.0 Å². The van der Waals surface area contributed by atoms with Gasteiger partial charge in [0.05, 0.1) is 19.0 Å². The van der Waals surface area contributed by atoms with Crippen molar-refractivity contribution in [3.05, 3.63) is 83.5 Å². The summed E-state index contributed by atoms with van der Waals surface area (Å²) in [5.41, 5.74) is 1.83. The lowest BCUT2D eigenvalue weighted by Gasteiger charge is -2.19. The second-order valence-electron chi connectivity index (χ2n) is 8.35. The van der Waals surface area contributed by atoms with Crippen molar-refractivity contribution in [2.75, 3.05) is 25.0 Å². The minimum atomic E-state index is -5.37. The van der Waals surface area contributed by atoms with E-state index in [0.717, 1.165) is 11.1 Å². The van der Waals surface area contributed by atoms with E-state index in [4.69, 9.17) is 16.3 Å². The number of anilines is 1. The molecule has 14 heteroatoms. The lowest BCUT2D eigenvalue weighted by Crippen LogP contribution is -2.40. The Morgan fingerprint density at radius 1 is 0.951 bits per heavy atom. The predicted molar refractivity (Wildman–Crippen MR) is 142 cm³/mol. The molecule has 1 aromatic heterocycles. The van der Waals surface area contributed by atoms with Gasteiger partial charge in [0.2, 0.25) is 5.91 Å². The number of rotatable bonds is 11. The molecule has 0 aliphatic carbocycles. The number of esters is 2. The highest BCUT2D eigenvalue weighted by Gasteiger charge is 2.42. The number of alkyl halides is 3. The van der Waals surface area contributed by atoms with E-state index >= 15 is 0 Å². The number of pyridine rings is 1. The number of ether oxygens (including phenoxy) is 2. The van der Waals surface area contributed by atoms with E-state index in [9.17, 15) is 32.3 Å². The summed E-state index contributed by atoms with van der Waals surface area (Å²) >= 11 is 6.03. The summed E-state index contributed by atoms with van der Waals surface area (Å²) in [7, 11) is 0. The van der Waals surface area contributed by atoms with Crippen LogP contribution in [0.4, 0.5) is 23.8 Å². The highest BCUT2D eigenvalue weighted by molar-refractivity contribution is 6.30. The normalized spacial score (nSPS) is 11.6. The first-order chi connectivity index (χ1) is 19.5. The molecule has 1 atom stereocenters. The number of nitrogens with zero attached hydrogens (tertiary/aromatic N) is 1. The number of alkyl carbamates (subject to hydrolysis) is 1. The van der Waals surface area contributed by atoms with Crippen LogP contribution in [0.25, 0.3) is 11.1 Å². The molecule has 1 heterocycles. The maximum atomic E-state index is 12.5. The SMILES string of the molecule is O=C(CNC(=O)OCCNc1ccccn1)NC(CC(=O)OC(=O)C(F)(F)F)c1ccc(-c2cccc(Cl)c2)cc1. The fraction of sp³-hybridized carbons (Fsp3) is 0.222. The van der Waals surface area contributed by atoms with E-state index in [-0.39, 0.29) is 13.2 Å². The molecular weight excluding hydrogens is 569 g/mol. The van der Waals surface area contributed by atoms with Gasteiger partial charge < -0.3 is 25.4 Å². The molecule has 1 unspecified atom stereocenters. The minimum Gasteiger partial charge on any atom is -0.448 e. The van der Waals surface area contributed by atoms with Crippen molar-refractivity contribution in [3.63, 3.8) is 0 Å². The molecule has 216 valence electrons. The number of aromatic nitrogens is 1. The van der Waals surface area contributed by atoms with Crippen molar-refractivity contribution in [2.45, 2.75) is 18.6 Å². The zero-order valence-electron chi connectivity index (χ0n) is 21.2. The molecule has 3 N–H and O–H groups in total. The summed E-state index contributed by atoms with van der Waals surface area (Å²) in [6, 6.07) is 17.4. The van der Waals surface area contributed by atoms with Gasteiger partial charge in [-0.1, -0.05) is 54.1 Å². The van der Waals surface area contributed by atoms with Gasteiger partial charge in [-0.2, -0.15) is 13.2 Å². The number of hydrogen-bond donors (Lipinski definition) is 3. The number of hydrogen-bond acceptors (Lipinski definition) is 8. The van der Waals surface area contributed by atoms with Gasteiger partial charge in [-0.25, -0.2) is 14.6 Å². The van der Waals surface area contributed by atoms with E-state index in [1.807, 2.05) is 0 Å². The number of benzene rings is 2. The topological polar surface area (TPSA) is 136 Å². The quantitative estimate of drug-likeness (QED) is 0.169. The van der Waals surface area contributed by atoms with E-state index < -0.39 is 49.1 Å². The number of nitrogens with one attached hydrogen (secondary N) is 3. The molecule has 41 heavy (non-hydrogen) atoms. The van der Waals surface area contributed by atoms with Crippen LogP contribution in [0.15, 0.2) is 72.9 Å². The van der Waals surface area contributed by atoms with Crippen LogP contribution in [-0.4, -0.2) is 54.8 Å². The number of amides is 2. The van der Waals surface area contributed by atoms with Gasteiger partial charge in [-0.05, 0) is 41.0 Å². The smallest absolute Gasteiger partial charge is 0.448 e. The van der Waals surface area contributed by atoms with Crippen molar-refractivity contribution in [1.29, 1.82) is 0 Å². The Morgan fingerprint density at radius 3 is 2.37 bits per heavy atom. The Hall–Kier alpha value is -4.65. The molecule has 0 radical (unpaired) electrons. The van der Waals surface area contributed by atoms with Crippen LogP contribution in [0.2, 0.25) is 5.02 Å². The van der Waals surface area contributed by atoms with Crippen LogP contribution in [0.3, 0.4) is 0 Å². The molecular formula is C27H24ClF3N4O6. The maximum Gasteiger partial charge on any atom is 0.491 e. The Balaban J connectivity index is 1.59. The number of carbonyl (C=O) groups excluding carboxylic acids is 4. The average Bonchev–Trinajstić information content (AvgIpc) is 2.94. The van der Waals surface area contributed by atoms with Gasteiger partial charge in [-0.3, -0.25) is 9.59 Å². The zero-order valence-corrected chi connectivity index (χ0v) is 22.0. The predicted octanol–water partition coefficient (Wildman–Crippen LogP) is 4.42. The zero-order chi connectivity index (χ0) is 29.8. The molecule has 0 spiro atoms. The Kier molecular flexibility index (Phi) is 11.0. The van der Waals surface area contributed by atoms with Crippen molar-refractivity contribution >= 4 is 41.4 Å². The fourth-order valence-corrected chi connectivity index (χ4v) is 3.63.